The van der Waals surface area contributed by atoms with E-state index in [4.69, 9.17) is 5.26 Å². The van der Waals surface area contributed by atoms with Crippen molar-refractivity contribution in [2.24, 2.45) is 17.8 Å². The van der Waals surface area contributed by atoms with Crippen molar-refractivity contribution >= 4 is 0 Å². The van der Waals surface area contributed by atoms with Crippen molar-refractivity contribution in [2.75, 3.05) is 0 Å². The van der Waals surface area contributed by atoms with E-state index in [0.717, 1.165) is 17.8 Å². The van der Waals surface area contributed by atoms with Crippen molar-refractivity contribution in [3.05, 3.63) is 47.5 Å². The van der Waals surface area contributed by atoms with E-state index >= 15 is 0 Å². The van der Waals surface area contributed by atoms with Crippen LogP contribution in [-0.2, 0) is 6.42 Å². The van der Waals surface area contributed by atoms with Gasteiger partial charge in [0.25, 0.3) is 0 Å². The molecule has 0 bridgehead atoms. The Morgan fingerprint density at radius 1 is 0.889 bits per heavy atom. The van der Waals surface area contributed by atoms with Crippen molar-refractivity contribution in [1.29, 1.82) is 5.26 Å². The number of benzene rings is 1. The number of hydrogen-bond acceptors (Lipinski definition) is 1. The van der Waals surface area contributed by atoms with Gasteiger partial charge in [-0.2, -0.15) is 5.26 Å². The maximum Gasteiger partial charge on any atom is 0.0908 e. The molecule has 1 nitrogen and oxygen atoms in total. The molecule has 0 heterocycles. The highest BCUT2D eigenvalue weighted by atomic mass is 14.3. The van der Waals surface area contributed by atoms with Crippen LogP contribution in [0, 0.1) is 29.1 Å². The molecule has 2 aliphatic rings. The van der Waals surface area contributed by atoms with Gasteiger partial charge in [0.1, 0.15) is 0 Å². The highest BCUT2D eigenvalue weighted by Crippen LogP contribution is 2.40. The molecule has 0 aliphatic heterocycles. The molecule has 0 N–H and O–H groups in total. The second kappa shape index (κ2) is 10.7. The van der Waals surface area contributed by atoms with Crippen LogP contribution in [0.5, 0.6) is 0 Å². The standard InChI is InChI=1S/C26H37N/c1-2-4-21-12-16-25(17-13-21)26-18-14-24(15-19-26)11-10-23-8-6-22(7-9-23)5-3-20-27/h3,5,12-13,16-17,22-24,26H,2,4,6-11,14-15,18-19H2,1H3. The molecule has 0 amide bonds. The lowest BCUT2D eigenvalue weighted by Gasteiger charge is -2.31. The summed E-state index contributed by atoms with van der Waals surface area (Å²) in [5.74, 6) is 3.39. The summed E-state index contributed by atoms with van der Waals surface area (Å²) in [7, 11) is 0. The molecule has 2 saturated carbocycles. The molecule has 2 fully saturated rings. The molecule has 3 rings (SSSR count). The monoisotopic (exact) mass is 363 g/mol. The van der Waals surface area contributed by atoms with Crippen LogP contribution >= 0.6 is 0 Å². The second-order valence-corrected chi connectivity index (χ2v) is 9.06. The van der Waals surface area contributed by atoms with E-state index in [9.17, 15) is 0 Å². The molecule has 0 atom stereocenters. The third-order valence-electron chi connectivity index (χ3n) is 7.15. The summed E-state index contributed by atoms with van der Waals surface area (Å²) in [5, 5.41) is 8.67. The van der Waals surface area contributed by atoms with Crippen LogP contribution in [0.1, 0.15) is 94.6 Å². The van der Waals surface area contributed by atoms with Gasteiger partial charge in [-0.1, -0.05) is 56.5 Å². The molecule has 0 unspecified atom stereocenters. The van der Waals surface area contributed by atoms with Crippen molar-refractivity contribution in [3.63, 3.8) is 0 Å². The minimum Gasteiger partial charge on any atom is -0.193 e. The second-order valence-electron chi connectivity index (χ2n) is 9.06. The van der Waals surface area contributed by atoms with Gasteiger partial charge in [0.05, 0.1) is 6.07 Å². The fraction of sp³-hybridized carbons (Fsp3) is 0.654. The molecule has 0 radical (unpaired) electrons. The van der Waals surface area contributed by atoms with Crippen LogP contribution in [0.4, 0.5) is 0 Å². The Balaban J connectivity index is 1.35. The Kier molecular flexibility index (Phi) is 8.00. The van der Waals surface area contributed by atoms with Gasteiger partial charge >= 0.3 is 0 Å². The van der Waals surface area contributed by atoms with Crippen LogP contribution in [0.2, 0.25) is 0 Å². The molecule has 0 aromatic heterocycles. The Bertz CT molecular complexity index is 605. The highest BCUT2D eigenvalue weighted by Gasteiger charge is 2.24. The first kappa shape index (κ1) is 20.2. The quantitative estimate of drug-likeness (QED) is 0.458. The number of allylic oxidation sites excluding steroid dienone is 2. The summed E-state index contributed by atoms with van der Waals surface area (Å²) >= 11 is 0. The lowest BCUT2D eigenvalue weighted by molar-refractivity contribution is 0.246. The summed E-state index contributed by atoms with van der Waals surface area (Å²) in [4.78, 5) is 0. The average Bonchev–Trinajstić information content (AvgIpc) is 2.73. The fourth-order valence-corrected chi connectivity index (χ4v) is 5.35. The van der Waals surface area contributed by atoms with Gasteiger partial charge in [-0.3, -0.25) is 0 Å². The SMILES string of the molecule is CCCc1ccc(C2CCC(CCC3CCC(C=CC#N)CC3)CC2)cc1. The van der Waals surface area contributed by atoms with E-state index in [1.807, 2.05) is 0 Å². The normalized spacial score (nSPS) is 28.9. The van der Waals surface area contributed by atoms with Gasteiger partial charge in [-0.25, -0.2) is 0 Å². The Morgan fingerprint density at radius 3 is 2.04 bits per heavy atom. The minimum absolute atomic E-state index is 0.667. The van der Waals surface area contributed by atoms with Crippen LogP contribution in [0.3, 0.4) is 0 Å². The first-order valence-corrected chi connectivity index (χ1v) is 11.4. The zero-order valence-corrected chi connectivity index (χ0v) is 17.2. The first-order valence-electron chi connectivity index (χ1n) is 11.4. The summed E-state index contributed by atoms with van der Waals surface area (Å²) in [6, 6.07) is 11.6. The molecule has 27 heavy (non-hydrogen) atoms. The number of rotatable bonds is 7. The molecule has 0 saturated heterocycles. The van der Waals surface area contributed by atoms with E-state index in [0.29, 0.717) is 5.92 Å². The predicted octanol–water partition coefficient (Wildman–Crippen LogP) is 7.58. The summed E-state index contributed by atoms with van der Waals surface area (Å²) in [6.07, 6.45) is 20.1. The molecule has 2 aliphatic carbocycles. The summed E-state index contributed by atoms with van der Waals surface area (Å²) < 4.78 is 0. The zero-order chi connectivity index (χ0) is 18.9. The maximum absolute atomic E-state index is 8.67. The molecule has 1 heteroatoms. The highest BCUT2D eigenvalue weighted by molar-refractivity contribution is 5.25. The molecular formula is C26H37N. The van der Waals surface area contributed by atoms with E-state index in [1.165, 1.54) is 82.6 Å². The van der Waals surface area contributed by atoms with Crippen LogP contribution in [-0.4, -0.2) is 0 Å². The van der Waals surface area contributed by atoms with Crippen LogP contribution in [0.25, 0.3) is 0 Å². The van der Waals surface area contributed by atoms with E-state index in [-0.39, 0.29) is 0 Å². The Morgan fingerprint density at radius 2 is 1.48 bits per heavy atom. The Labute approximate surface area is 166 Å². The average molecular weight is 364 g/mol. The molecule has 1 aromatic carbocycles. The van der Waals surface area contributed by atoms with E-state index < -0.39 is 0 Å². The largest absolute Gasteiger partial charge is 0.193 e. The fourth-order valence-electron chi connectivity index (χ4n) is 5.35. The molecule has 1 aromatic rings. The number of hydrogen-bond donors (Lipinski definition) is 0. The lowest BCUT2D eigenvalue weighted by Crippen LogP contribution is -2.17. The molecule has 146 valence electrons. The summed E-state index contributed by atoms with van der Waals surface area (Å²) in [6.45, 7) is 2.26. The number of nitriles is 1. The molecule has 0 spiro atoms. The zero-order valence-electron chi connectivity index (χ0n) is 17.2. The van der Waals surface area contributed by atoms with Crippen molar-refractivity contribution in [2.45, 2.75) is 89.9 Å². The lowest BCUT2D eigenvalue weighted by atomic mass is 9.74. The third-order valence-corrected chi connectivity index (χ3v) is 7.15. The van der Waals surface area contributed by atoms with Crippen LogP contribution < -0.4 is 0 Å². The minimum atomic E-state index is 0.667. The smallest absolute Gasteiger partial charge is 0.0908 e. The Hall–Kier alpha value is -1.55. The molecular weight excluding hydrogens is 326 g/mol. The van der Waals surface area contributed by atoms with Crippen molar-refractivity contribution < 1.29 is 0 Å². The van der Waals surface area contributed by atoms with Gasteiger partial charge in [-0.15, -0.1) is 0 Å². The van der Waals surface area contributed by atoms with Crippen molar-refractivity contribution in [1.82, 2.24) is 0 Å². The third kappa shape index (κ3) is 6.24. The topological polar surface area (TPSA) is 23.8 Å². The summed E-state index contributed by atoms with van der Waals surface area (Å²) in [5.41, 5.74) is 3.07. The van der Waals surface area contributed by atoms with Crippen LogP contribution in [0.15, 0.2) is 36.4 Å². The van der Waals surface area contributed by atoms with E-state index in [2.05, 4.69) is 43.3 Å². The van der Waals surface area contributed by atoms with Gasteiger partial charge in [0.15, 0.2) is 0 Å². The first-order chi connectivity index (χ1) is 13.3. The van der Waals surface area contributed by atoms with Gasteiger partial charge in [0, 0.05) is 6.08 Å². The van der Waals surface area contributed by atoms with Gasteiger partial charge in [-0.05, 0) is 92.6 Å². The van der Waals surface area contributed by atoms with Crippen molar-refractivity contribution in [3.8, 4) is 6.07 Å². The van der Waals surface area contributed by atoms with E-state index in [1.54, 1.807) is 11.6 Å². The van der Waals surface area contributed by atoms with Gasteiger partial charge < -0.3 is 0 Å². The maximum atomic E-state index is 8.67. The number of nitrogens with zero attached hydrogens (tertiary/aromatic N) is 1. The predicted molar refractivity (Wildman–Crippen MR) is 115 cm³/mol. The number of aryl methyl sites for hydroxylation is 1. The van der Waals surface area contributed by atoms with Gasteiger partial charge in [0.2, 0.25) is 0 Å².